The Hall–Kier alpha value is -1.78. The van der Waals surface area contributed by atoms with Crippen LogP contribution in [0, 0.1) is 11.7 Å². The summed E-state index contributed by atoms with van der Waals surface area (Å²) in [4.78, 5) is 4.60. The topological polar surface area (TPSA) is 31.4 Å². The monoisotopic (exact) mass is 539 g/mol. The number of aryl methyl sites for hydroxylation is 1. The largest absolute Gasteiger partial charge is 0.348 e. The van der Waals surface area contributed by atoms with E-state index in [0.29, 0.717) is 5.92 Å². The predicted molar refractivity (Wildman–Crippen MR) is 161 cm³/mol. The highest BCUT2D eigenvalue weighted by Gasteiger charge is 2.23. The third kappa shape index (κ3) is 12.1. The first kappa shape index (κ1) is 31.7. The number of unbranched alkanes of at least 4 members (excludes halogenated alkanes) is 14. The van der Waals surface area contributed by atoms with Crippen LogP contribution in [0.2, 0.25) is 0 Å². The molecule has 0 radical (unpaired) electrons. The third-order valence-electron chi connectivity index (χ3n) is 8.14. The molecule has 0 atom stereocenters. The summed E-state index contributed by atoms with van der Waals surface area (Å²) < 4.78 is 26.9. The first-order chi connectivity index (χ1) is 19.2. The Labute approximate surface area is 238 Å². The summed E-state index contributed by atoms with van der Waals surface area (Å²) in [6.45, 7) is 6.01. The maximum absolute atomic E-state index is 14.8. The van der Waals surface area contributed by atoms with E-state index in [1.165, 1.54) is 103 Å². The van der Waals surface area contributed by atoms with E-state index in [1.807, 2.05) is 30.5 Å². The van der Waals surface area contributed by atoms with Crippen LogP contribution in [-0.4, -0.2) is 18.2 Å². The van der Waals surface area contributed by atoms with Gasteiger partial charge >= 0.3 is 0 Å². The van der Waals surface area contributed by atoms with Crippen LogP contribution in [0.1, 0.15) is 140 Å². The molecule has 0 bridgehead atoms. The molecule has 1 aromatic heterocycles. The van der Waals surface area contributed by atoms with E-state index in [9.17, 15) is 4.39 Å². The van der Waals surface area contributed by atoms with Gasteiger partial charge in [-0.3, -0.25) is 4.98 Å². The lowest BCUT2D eigenvalue weighted by Gasteiger charge is -2.29. The molecule has 0 N–H and O–H groups in total. The summed E-state index contributed by atoms with van der Waals surface area (Å²) in [5.41, 5.74) is 3.33. The number of nitrogens with zero attached hydrogens (tertiary/aromatic N) is 1. The zero-order valence-electron chi connectivity index (χ0n) is 24.9. The summed E-state index contributed by atoms with van der Waals surface area (Å²) in [7, 11) is 0. The van der Waals surface area contributed by atoms with Gasteiger partial charge in [0.15, 0.2) is 6.29 Å². The standard InChI is InChI=1S/C35H54FNO2/c1-3-5-7-9-11-13-15-17-19-29-27-38-35(39-28-29)32-23-24-34(37-26-32)31-22-21-30(33(36)25-31)20-18-16-14-12-10-8-6-4-2/h21-26,29,35H,3-20,27-28H2,1-2H3/t29-,35-. The SMILES string of the molecule is CCCCCCCCCCc1ccc(-c2ccc([C@H]3OC[C@H](CCCCCCCCCC)CO3)cn2)cc1F. The van der Waals surface area contributed by atoms with Crippen LogP contribution in [-0.2, 0) is 15.9 Å². The molecule has 0 unspecified atom stereocenters. The van der Waals surface area contributed by atoms with Crippen molar-refractivity contribution in [3.8, 4) is 11.3 Å². The summed E-state index contributed by atoms with van der Waals surface area (Å²) in [5, 5.41) is 0. The fourth-order valence-corrected chi connectivity index (χ4v) is 5.54. The Balaban J connectivity index is 1.34. The zero-order valence-corrected chi connectivity index (χ0v) is 24.9. The number of benzene rings is 1. The second kappa shape index (κ2) is 19.3. The summed E-state index contributed by atoms with van der Waals surface area (Å²) >= 11 is 0. The molecule has 3 nitrogen and oxygen atoms in total. The number of hydrogen-bond acceptors (Lipinski definition) is 3. The first-order valence-corrected chi connectivity index (χ1v) is 16.2. The lowest BCUT2D eigenvalue weighted by atomic mass is 10.0. The molecule has 2 heterocycles. The van der Waals surface area contributed by atoms with E-state index in [0.717, 1.165) is 48.4 Å². The lowest BCUT2D eigenvalue weighted by molar-refractivity contribution is -0.206. The van der Waals surface area contributed by atoms with Crippen LogP contribution in [0.5, 0.6) is 0 Å². The Morgan fingerprint density at radius 3 is 1.87 bits per heavy atom. The molecular formula is C35H54FNO2. The normalized spacial score (nSPS) is 17.5. The number of rotatable bonds is 20. The van der Waals surface area contributed by atoms with Crippen molar-refractivity contribution in [1.29, 1.82) is 0 Å². The summed E-state index contributed by atoms with van der Waals surface area (Å²) in [6.07, 6.45) is 24.3. The average molecular weight is 540 g/mol. The van der Waals surface area contributed by atoms with Gasteiger partial charge in [0.25, 0.3) is 0 Å². The van der Waals surface area contributed by atoms with Crippen molar-refractivity contribution in [2.24, 2.45) is 5.92 Å². The highest BCUT2D eigenvalue weighted by molar-refractivity contribution is 5.59. The predicted octanol–water partition coefficient (Wildman–Crippen LogP) is 10.8. The zero-order chi connectivity index (χ0) is 27.5. The fraction of sp³-hybridized carbons (Fsp3) is 0.686. The Bertz CT molecular complexity index is 892. The molecule has 1 fully saturated rings. The molecule has 1 saturated heterocycles. The summed E-state index contributed by atoms with van der Waals surface area (Å²) in [6, 6.07) is 9.50. The van der Waals surface area contributed by atoms with E-state index in [4.69, 9.17) is 9.47 Å². The van der Waals surface area contributed by atoms with Crippen molar-refractivity contribution in [2.75, 3.05) is 13.2 Å². The summed E-state index contributed by atoms with van der Waals surface area (Å²) in [5.74, 6) is 0.365. The van der Waals surface area contributed by atoms with E-state index in [1.54, 1.807) is 6.07 Å². The number of halogens is 1. The second-order valence-corrected chi connectivity index (χ2v) is 11.6. The number of pyridine rings is 1. The molecule has 218 valence electrons. The Kier molecular flexibility index (Phi) is 15.7. The van der Waals surface area contributed by atoms with Crippen molar-refractivity contribution in [1.82, 2.24) is 4.98 Å². The third-order valence-corrected chi connectivity index (χ3v) is 8.14. The maximum atomic E-state index is 14.8. The van der Waals surface area contributed by atoms with Crippen molar-refractivity contribution in [3.05, 3.63) is 53.5 Å². The van der Waals surface area contributed by atoms with Crippen molar-refractivity contribution >= 4 is 0 Å². The smallest absolute Gasteiger partial charge is 0.185 e. The molecule has 0 amide bonds. The highest BCUT2D eigenvalue weighted by Crippen LogP contribution is 2.29. The van der Waals surface area contributed by atoms with Gasteiger partial charge in [-0.1, -0.05) is 128 Å². The molecule has 4 heteroatoms. The first-order valence-electron chi connectivity index (χ1n) is 16.2. The minimum atomic E-state index is -0.355. The highest BCUT2D eigenvalue weighted by atomic mass is 19.1. The van der Waals surface area contributed by atoms with Crippen LogP contribution < -0.4 is 0 Å². The number of hydrogen-bond donors (Lipinski definition) is 0. The van der Waals surface area contributed by atoms with Gasteiger partial charge in [-0.05, 0) is 37.0 Å². The van der Waals surface area contributed by atoms with Gasteiger partial charge in [0.1, 0.15) is 5.82 Å². The molecule has 0 spiro atoms. The molecule has 0 saturated carbocycles. The van der Waals surface area contributed by atoms with Crippen LogP contribution in [0.3, 0.4) is 0 Å². The molecule has 1 aliphatic rings. The molecule has 0 aliphatic carbocycles. The van der Waals surface area contributed by atoms with Crippen LogP contribution >= 0.6 is 0 Å². The van der Waals surface area contributed by atoms with E-state index in [2.05, 4.69) is 18.8 Å². The van der Waals surface area contributed by atoms with Crippen LogP contribution in [0.4, 0.5) is 4.39 Å². The van der Waals surface area contributed by atoms with Gasteiger partial charge < -0.3 is 9.47 Å². The Morgan fingerprint density at radius 2 is 1.31 bits per heavy atom. The van der Waals surface area contributed by atoms with E-state index < -0.39 is 0 Å². The fourth-order valence-electron chi connectivity index (χ4n) is 5.54. The van der Waals surface area contributed by atoms with Gasteiger partial charge in [-0.2, -0.15) is 0 Å². The maximum Gasteiger partial charge on any atom is 0.185 e. The van der Waals surface area contributed by atoms with Crippen LogP contribution in [0.15, 0.2) is 36.5 Å². The van der Waals surface area contributed by atoms with Gasteiger partial charge in [0.05, 0.1) is 18.9 Å². The molecule has 39 heavy (non-hydrogen) atoms. The van der Waals surface area contributed by atoms with Gasteiger partial charge in [0, 0.05) is 23.2 Å². The Morgan fingerprint density at radius 1 is 0.718 bits per heavy atom. The van der Waals surface area contributed by atoms with Crippen LogP contribution in [0.25, 0.3) is 11.3 Å². The van der Waals surface area contributed by atoms with Gasteiger partial charge in [-0.25, -0.2) is 4.39 Å². The van der Waals surface area contributed by atoms with E-state index in [-0.39, 0.29) is 12.1 Å². The quantitative estimate of drug-likeness (QED) is 0.157. The minimum Gasteiger partial charge on any atom is -0.348 e. The molecule has 3 rings (SSSR count). The molecular weight excluding hydrogens is 485 g/mol. The van der Waals surface area contributed by atoms with Crippen molar-refractivity contribution in [3.63, 3.8) is 0 Å². The molecule has 2 aromatic rings. The average Bonchev–Trinajstić information content (AvgIpc) is 2.97. The van der Waals surface area contributed by atoms with E-state index >= 15 is 0 Å². The molecule has 1 aromatic carbocycles. The van der Waals surface area contributed by atoms with Gasteiger partial charge in [-0.15, -0.1) is 0 Å². The lowest BCUT2D eigenvalue weighted by Crippen LogP contribution is -2.27. The minimum absolute atomic E-state index is 0.122. The number of aromatic nitrogens is 1. The van der Waals surface area contributed by atoms with Crippen molar-refractivity contribution in [2.45, 2.75) is 136 Å². The van der Waals surface area contributed by atoms with Crippen molar-refractivity contribution < 1.29 is 13.9 Å². The number of ether oxygens (including phenoxy) is 2. The van der Waals surface area contributed by atoms with Gasteiger partial charge in [0.2, 0.25) is 0 Å². The second-order valence-electron chi connectivity index (χ2n) is 11.6. The molecule has 1 aliphatic heterocycles.